The van der Waals surface area contributed by atoms with E-state index in [-0.39, 0.29) is 25.0 Å². The highest BCUT2D eigenvalue weighted by atomic mass is 16.5. The molecule has 0 aliphatic rings. The van der Waals surface area contributed by atoms with Gasteiger partial charge in [0, 0.05) is 26.2 Å². The number of carbonyl (C=O) groups is 2. The van der Waals surface area contributed by atoms with Gasteiger partial charge >= 0.3 is 0 Å². The number of rotatable bonds is 12. The molecule has 21 heavy (non-hydrogen) atoms. The highest BCUT2D eigenvalue weighted by molar-refractivity contribution is 5.80. The molecule has 0 rings (SSSR count). The highest BCUT2D eigenvalue weighted by Crippen LogP contribution is 1.95. The van der Waals surface area contributed by atoms with Crippen molar-refractivity contribution in [3.8, 4) is 0 Å². The Morgan fingerprint density at radius 1 is 0.714 bits per heavy atom. The Balaban J connectivity index is 4.25. The fourth-order valence-corrected chi connectivity index (χ4v) is 1.59. The Hall–Kier alpha value is -2.14. The largest absolute Gasteiger partial charge is 0.362 e. The molecule has 0 saturated carbocycles. The SMILES string of the molecule is C=CCN(CC=C)C(=O)COCC(=O)N(CC=C)CC=C. The number of hydrogen-bond donors (Lipinski definition) is 0. The number of amides is 2. The molecule has 0 heterocycles. The van der Waals surface area contributed by atoms with E-state index in [4.69, 9.17) is 4.74 Å². The van der Waals surface area contributed by atoms with Gasteiger partial charge in [-0.05, 0) is 0 Å². The monoisotopic (exact) mass is 292 g/mol. The average molecular weight is 292 g/mol. The molecule has 5 nitrogen and oxygen atoms in total. The number of carbonyl (C=O) groups excluding carboxylic acids is 2. The average Bonchev–Trinajstić information content (AvgIpc) is 2.46. The van der Waals surface area contributed by atoms with Crippen LogP contribution < -0.4 is 0 Å². The molecule has 0 fully saturated rings. The quantitative estimate of drug-likeness (QED) is 0.511. The van der Waals surface area contributed by atoms with Crippen molar-refractivity contribution in [2.75, 3.05) is 39.4 Å². The van der Waals surface area contributed by atoms with Gasteiger partial charge in [0.1, 0.15) is 13.2 Å². The van der Waals surface area contributed by atoms with Gasteiger partial charge in [-0.15, -0.1) is 26.3 Å². The van der Waals surface area contributed by atoms with E-state index in [2.05, 4.69) is 26.3 Å². The summed E-state index contributed by atoms with van der Waals surface area (Å²) in [5.41, 5.74) is 0. The zero-order chi connectivity index (χ0) is 16.1. The molecular weight excluding hydrogens is 268 g/mol. The van der Waals surface area contributed by atoms with Crippen molar-refractivity contribution in [2.24, 2.45) is 0 Å². The van der Waals surface area contributed by atoms with Crippen molar-refractivity contribution >= 4 is 11.8 Å². The summed E-state index contributed by atoms with van der Waals surface area (Å²) in [7, 11) is 0. The second-order valence-electron chi connectivity index (χ2n) is 4.24. The van der Waals surface area contributed by atoms with E-state index in [1.807, 2.05) is 0 Å². The van der Waals surface area contributed by atoms with Crippen molar-refractivity contribution < 1.29 is 14.3 Å². The first-order valence-electron chi connectivity index (χ1n) is 6.67. The van der Waals surface area contributed by atoms with Crippen LogP contribution in [-0.2, 0) is 14.3 Å². The third-order valence-electron chi connectivity index (χ3n) is 2.55. The van der Waals surface area contributed by atoms with Crippen LogP contribution in [0.1, 0.15) is 0 Å². The summed E-state index contributed by atoms with van der Waals surface area (Å²) >= 11 is 0. The lowest BCUT2D eigenvalue weighted by Gasteiger charge is -2.21. The molecule has 0 bridgehead atoms. The van der Waals surface area contributed by atoms with Crippen LogP contribution in [0.2, 0.25) is 0 Å². The minimum atomic E-state index is -0.207. The molecule has 0 aromatic rings. The summed E-state index contributed by atoms with van der Waals surface area (Å²) in [6, 6.07) is 0. The van der Waals surface area contributed by atoms with Crippen LogP contribution in [0.5, 0.6) is 0 Å². The van der Waals surface area contributed by atoms with Crippen LogP contribution in [0.4, 0.5) is 0 Å². The van der Waals surface area contributed by atoms with E-state index in [1.165, 1.54) is 9.80 Å². The second-order valence-corrected chi connectivity index (χ2v) is 4.24. The van der Waals surface area contributed by atoms with Gasteiger partial charge in [0.2, 0.25) is 11.8 Å². The summed E-state index contributed by atoms with van der Waals surface area (Å²) in [6.45, 7) is 15.7. The lowest BCUT2D eigenvalue weighted by atomic mass is 10.4. The van der Waals surface area contributed by atoms with Gasteiger partial charge in [-0.3, -0.25) is 9.59 Å². The number of nitrogens with zero attached hydrogens (tertiary/aromatic N) is 2. The molecule has 0 spiro atoms. The number of hydrogen-bond acceptors (Lipinski definition) is 3. The Labute approximate surface area is 126 Å². The van der Waals surface area contributed by atoms with Gasteiger partial charge in [0.25, 0.3) is 0 Å². The Bertz CT molecular complexity index is 335. The first-order chi connectivity index (χ1) is 10.1. The van der Waals surface area contributed by atoms with E-state index >= 15 is 0 Å². The molecule has 0 aromatic heterocycles. The van der Waals surface area contributed by atoms with Gasteiger partial charge in [0.15, 0.2) is 0 Å². The van der Waals surface area contributed by atoms with Crippen LogP contribution >= 0.6 is 0 Å². The van der Waals surface area contributed by atoms with Crippen molar-refractivity contribution in [1.29, 1.82) is 0 Å². The molecule has 0 N–H and O–H groups in total. The summed E-state index contributed by atoms with van der Waals surface area (Å²) < 4.78 is 5.18. The summed E-state index contributed by atoms with van der Waals surface area (Å²) in [5.74, 6) is -0.414. The van der Waals surface area contributed by atoms with Gasteiger partial charge in [0.05, 0.1) is 0 Å². The van der Waals surface area contributed by atoms with Crippen molar-refractivity contribution in [1.82, 2.24) is 9.80 Å². The molecule has 0 aliphatic heterocycles. The van der Waals surface area contributed by atoms with Crippen LogP contribution in [-0.4, -0.2) is 61.0 Å². The lowest BCUT2D eigenvalue weighted by Crippen LogP contribution is -2.37. The number of ether oxygens (including phenoxy) is 1. The maximum atomic E-state index is 11.9. The molecule has 0 atom stereocenters. The Kier molecular flexibility index (Phi) is 10.5. The van der Waals surface area contributed by atoms with Crippen LogP contribution in [0, 0.1) is 0 Å². The normalized spacial score (nSPS) is 9.52. The van der Waals surface area contributed by atoms with Gasteiger partial charge in [-0.25, -0.2) is 0 Å². The topological polar surface area (TPSA) is 49.9 Å². The van der Waals surface area contributed by atoms with Crippen LogP contribution in [0.15, 0.2) is 50.6 Å². The third-order valence-corrected chi connectivity index (χ3v) is 2.55. The zero-order valence-electron chi connectivity index (χ0n) is 12.5. The molecule has 5 heteroatoms. The second kappa shape index (κ2) is 11.7. The summed E-state index contributed by atoms with van der Waals surface area (Å²) in [4.78, 5) is 26.8. The third kappa shape index (κ3) is 7.89. The maximum Gasteiger partial charge on any atom is 0.249 e. The molecule has 0 aliphatic carbocycles. The maximum absolute atomic E-state index is 11.9. The van der Waals surface area contributed by atoms with Crippen LogP contribution in [0.3, 0.4) is 0 Å². The molecule has 2 amide bonds. The fraction of sp³-hybridized carbons (Fsp3) is 0.375. The molecular formula is C16H24N2O3. The van der Waals surface area contributed by atoms with E-state index in [9.17, 15) is 9.59 Å². The van der Waals surface area contributed by atoms with Crippen molar-refractivity contribution in [2.45, 2.75) is 0 Å². The molecule has 0 radical (unpaired) electrons. The van der Waals surface area contributed by atoms with E-state index in [0.29, 0.717) is 26.2 Å². The Morgan fingerprint density at radius 3 is 1.24 bits per heavy atom. The van der Waals surface area contributed by atoms with Crippen molar-refractivity contribution in [3.63, 3.8) is 0 Å². The minimum absolute atomic E-state index is 0.149. The fourth-order valence-electron chi connectivity index (χ4n) is 1.59. The molecule has 0 aromatic carbocycles. The first kappa shape index (κ1) is 18.9. The summed E-state index contributed by atoms with van der Waals surface area (Å²) in [6.07, 6.45) is 6.51. The minimum Gasteiger partial charge on any atom is -0.362 e. The highest BCUT2D eigenvalue weighted by Gasteiger charge is 2.14. The molecule has 116 valence electrons. The van der Waals surface area contributed by atoms with Gasteiger partial charge < -0.3 is 14.5 Å². The first-order valence-corrected chi connectivity index (χ1v) is 6.67. The lowest BCUT2D eigenvalue weighted by molar-refractivity contribution is -0.141. The van der Waals surface area contributed by atoms with Crippen LogP contribution in [0.25, 0.3) is 0 Å². The van der Waals surface area contributed by atoms with Gasteiger partial charge in [-0.2, -0.15) is 0 Å². The summed E-state index contributed by atoms with van der Waals surface area (Å²) in [5, 5.41) is 0. The molecule has 0 unspecified atom stereocenters. The van der Waals surface area contributed by atoms with E-state index in [0.717, 1.165) is 0 Å². The Morgan fingerprint density at radius 2 is 1.00 bits per heavy atom. The van der Waals surface area contributed by atoms with E-state index < -0.39 is 0 Å². The predicted octanol–water partition coefficient (Wildman–Crippen LogP) is 1.40. The predicted molar refractivity (Wildman–Crippen MR) is 84.8 cm³/mol. The van der Waals surface area contributed by atoms with Crippen molar-refractivity contribution in [3.05, 3.63) is 50.6 Å². The zero-order valence-corrected chi connectivity index (χ0v) is 12.5. The smallest absolute Gasteiger partial charge is 0.249 e. The van der Waals surface area contributed by atoms with Gasteiger partial charge in [-0.1, -0.05) is 24.3 Å². The standard InChI is InChI=1S/C16H24N2O3/c1-5-9-17(10-6-2)15(19)13-21-14-16(20)18(11-7-3)12-8-4/h5-8H,1-4,9-14H2. The van der Waals surface area contributed by atoms with E-state index in [1.54, 1.807) is 24.3 Å². The molecule has 0 saturated heterocycles.